The van der Waals surface area contributed by atoms with Gasteiger partial charge >= 0.3 is 0 Å². The second-order valence-corrected chi connectivity index (χ2v) is 4.68. The third kappa shape index (κ3) is 4.49. The van der Waals surface area contributed by atoms with Crippen molar-refractivity contribution in [3.63, 3.8) is 0 Å². The Labute approximate surface area is 110 Å². The average Bonchev–Trinajstić information content (AvgIpc) is 2.43. The molecule has 0 heterocycles. The lowest BCUT2D eigenvalue weighted by atomic mass is 9.96. The molecule has 0 bridgehead atoms. The summed E-state index contributed by atoms with van der Waals surface area (Å²) in [6.45, 7) is 2.87. The van der Waals surface area contributed by atoms with Crippen LogP contribution in [-0.4, -0.2) is 19.5 Å². The van der Waals surface area contributed by atoms with Gasteiger partial charge in [0.25, 0.3) is 0 Å². The summed E-state index contributed by atoms with van der Waals surface area (Å²) in [6.07, 6.45) is 3.64. The molecule has 2 N–H and O–H groups in total. The van der Waals surface area contributed by atoms with Crippen LogP contribution in [0.15, 0.2) is 30.3 Å². The number of amides is 1. The van der Waals surface area contributed by atoms with Crippen molar-refractivity contribution in [3.05, 3.63) is 30.3 Å². The minimum Gasteiger partial charge on any atom is -0.330 e. The van der Waals surface area contributed by atoms with E-state index in [9.17, 15) is 4.79 Å². The van der Waals surface area contributed by atoms with Crippen molar-refractivity contribution >= 4 is 11.6 Å². The summed E-state index contributed by atoms with van der Waals surface area (Å²) in [7, 11) is 1.83. The van der Waals surface area contributed by atoms with Crippen LogP contribution in [0.1, 0.15) is 32.6 Å². The number of hydrogen-bond donors (Lipinski definition) is 1. The lowest BCUT2D eigenvalue weighted by Crippen LogP contribution is -2.26. The number of nitrogens with zero attached hydrogens (tertiary/aromatic N) is 1. The van der Waals surface area contributed by atoms with E-state index in [4.69, 9.17) is 5.73 Å². The minimum atomic E-state index is 0.177. The summed E-state index contributed by atoms with van der Waals surface area (Å²) >= 11 is 0. The summed E-state index contributed by atoms with van der Waals surface area (Å²) in [5, 5.41) is 0. The van der Waals surface area contributed by atoms with E-state index in [0.29, 0.717) is 18.9 Å². The summed E-state index contributed by atoms with van der Waals surface area (Å²) in [6, 6.07) is 9.76. The summed E-state index contributed by atoms with van der Waals surface area (Å²) < 4.78 is 0. The Bertz CT molecular complexity index is 351. The first-order valence-corrected chi connectivity index (χ1v) is 6.70. The van der Waals surface area contributed by atoms with Gasteiger partial charge in [0.15, 0.2) is 0 Å². The second-order valence-electron chi connectivity index (χ2n) is 4.68. The maximum absolute atomic E-state index is 12.1. The number of carbonyl (C=O) groups excluding carboxylic acids is 1. The number of hydrogen-bond acceptors (Lipinski definition) is 2. The van der Waals surface area contributed by atoms with Gasteiger partial charge in [-0.3, -0.25) is 4.79 Å². The molecule has 100 valence electrons. The first kappa shape index (κ1) is 14.7. The Morgan fingerprint density at radius 3 is 2.50 bits per heavy atom. The number of benzene rings is 1. The molecule has 3 nitrogen and oxygen atoms in total. The summed E-state index contributed by atoms with van der Waals surface area (Å²) in [4.78, 5) is 13.8. The van der Waals surface area contributed by atoms with Crippen LogP contribution in [-0.2, 0) is 4.79 Å². The zero-order valence-electron chi connectivity index (χ0n) is 11.4. The van der Waals surface area contributed by atoms with Crippen molar-refractivity contribution in [3.8, 4) is 0 Å². The Morgan fingerprint density at radius 2 is 1.94 bits per heavy atom. The average molecular weight is 248 g/mol. The maximum Gasteiger partial charge on any atom is 0.226 e. The Balaban J connectivity index is 2.45. The van der Waals surface area contributed by atoms with E-state index in [-0.39, 0.29) is 5.91 Å². The van der Waals surface area contributed by atoms with Gasteiger partial charge in [0.05, 0.1) is 0 Å². The molecule has 3 heteroatoms. The zero-order chi connectivity index (χ0) is 13.4. The van der Waals surface area contributed by atoms with Crippen LogP contribution in [0.4, 0.5) is 5.69 Å². The number of anilines is 1. The molecule has 18 heavy (non-hydrogen) atoms. The van der Waals surface area contributed by atoms with E-state index >= 15 is 0 Å². The largest absolute Gasteiger partial charge is 0.330 e. The zero-order valence-corrected chi connectivity index (χ0v) is 11.4. The molecule has 1 aromatic rings. The molecule has 0 fully saturated rings. The molecule has 0 aromatic heterocycles. The smallest absolute Gasteiger partial charge is 0.226 e. The summed E-state index contributed by atoms with van der Waals surface area (Å²) in [5.74, 6) is 0.750. The lowest BCUT2D eigenvalue weighted by molar-refractivity contribution is -0.118. The monoisotopic (exact) mass is 248 g/mol. The van der Waals surface area contributed by atoms with E-state index in [1.54, 1.807) is 4.90 Å². The molecule has 1 unspecified atom stereocenters. The molecule has 0 saturated carbocycles. The van der Waals surface area contributed by atoms with Gasteiger partial charge in [-0.2, -0.15) is 0 Å². The van der Waals surface area contributed by atoms with Gasteiger partial charge in [0, 0.05) is 19.2 Å². The lowest BCUT2D eigenvalue weighted by Gasteiger charge is -2.19. The number of carbonyl (C=O) groups is 1. The number of nitrogens with two attached hydrogens (primary N) is 1. The Hall–Kier alpha value is -1.35. The molecule has 1 rings (SSSR count). The molecule has 0 aliphatic heterocycles. The topological polar surface area (TPSA) is 46.3 Å². The Kier molecular flexibility index (Phi) is 6.44. The summed E-state index contributed by atoms with van der Waals surface area (Å²) in [5.41, 5.74) is 6.52. The van der Waals surface area contributed by atoms with Gasteiger partial charge in [-0.05, 0) is 37.4 Å². The molecule has 0 aliphatic carbocycles. The second kappa shape index (κ2) is 7.88. The van der Waals surface area contributed by atoms with E-state index < -0.39 is 0 Å². The third-order valence-electron chi connectivity index (χ3n) is 3.44. The maximum atomic E-state index is 12.1. The van der Waals surface area contributed by atoms with E-state index in [1.807, 2.05) is 37.4 Å². The van der Waals surface area contributed by atoms with Crippen LogP contribution in [0.5, 0.6) is 0 Å². The van der Waals surface area contributed by atoms with Crippen molar-refractivity contribution in [2.24, 2.45) is 11.7 Å². The number of rotatable bonds is 7. The van der Waals surface area contributed by atoms with Gasteiger partial charge in [-0.1, -0.05) is 31.5 Å². The third-order valence-corrected chi connectivity index (χ3v) is 3.44. The predicted molar refractivity (Wildman–Crippen MR) is 76.5 cm³/mol. The highest BCUT2D eigenvalue weighted by atomic mass is 16.2. The standard InChI is InChI=1S/C15H24N2O/c1-3-13(11-12-16)9-10-15(18)17(2)14-7-5-4-6-8-14/h4-8,13H,3,9-12,16H2,1-2H3. The Morgan fingerprint density at radius 1 is 1.28 bits per heavy atom. The first-order chi connectivity index (χ1) is 8.69. The molecular weight excluding hydrogens is 224 g/mol. The molecule has 0 aliphatic rings. The van der Waals surface area contributed by atoms with Crippen LogP contribution >= 0.6 is 0 Å². The highest BCUT2D eigenvalue weighted by Crippen LogP contribution is 2.17. The van der Waals surface area contributed by atoms with Gasteiger partial charge in [0.2, 0.25) is 5.91 Å². The fourth-order valence-corrected chi connectivity index (χ4v) is 2.08. The van der Waals surface area contributed by atoms with Crippen LogP contribution < -0.4 is 10.6 Å². The fourth-order valence-electron chi connectivity index (χ4n) is 2.08. The van der Waals surface area contributed by atoms with Crippen LogP contribution in [0, 0.1) is 5.92 Å². The van der Waals surface area contributed by atoms with Crippen LogP contribution in [0.25, 0.3) is 0 Å². The molecule has 1 aromatic carbocycles. The molecule has 0 spiro atoms. The van der Waals surface area contributed by atoms with E-state index in [2.05, 4.69) is 6.92 Å². The van der Waals surface area contributed by atoms with Gasteiger partial charge in [0.1, 0.15) is 0 Å². The molecule has 1 atom stereocenters. The normalized spacial score (nSPS) is 12.2. The number of para-hydroxylation sites is 1. The quantitative estimate of drug-likeness (QED) is 0.806. The van der Waals surface area contributed by atoms with Crippen molar-refractivity contribution in [1.82, 2.24) is 0 Å². The van der Waals surface area contributed by atoms with Gasteiger partial charge in [-0.15, -0.1) is 0 Å². The van der Waals surface area contributed by atoms with E-state index in [0.717, 1.165) is 24.9 Å². The van der Waals surface area contributed by atoms with Crippen molar-refractivity contribution in [2.45, 2.75) is 32.6 Å². The van der Waals surface area contributed by atoms with Crippen molar-refractivity contribution in [2.75, 3.05) is 18.5 Å². The molecule has 0 radical (unpaired) electrons. The molecule has 0 saturated heterocycles. The molecular formula is C15H24N2O. The van der Waals surface area contributed by atoms with Crippen molar-refractivity contribution < 1.29 is 4.79 Å². The predicted octanol–water partition coefficient (Wildman–Crippen LogP) is 2.80. The fraction of sp³-hybridized carbons (Fsp3) is 0.533. The SMILES string of the molecule is CCC(CCN)CCC(=O)N(C)c1ccccc1. The van der Waals surface area contributed by atoms with Crippen molar-refractivity contribution in [1.29, 1.82) is 0 Å². The molecule has 1 amide bonds. The first-order valence-electron chi connectivity index (χ1n) is 6.70. The van der Waals surface area contributed by atoms with E-state index in [1.165, 1.54) is 0 Å². The highest BCUT2D eigenvalue weighted by Gasteiger charge is 2.13. The minimum absolute atomic E-state index is 0.177. The van der Waals surface area contributed by atoms with Crippen LogP contribution in [0.2, 0.25) is 0 Å². The van der Waals surface area contributed by atoms with Gasteiger partial charge < -0.3 is 10.6 Å². The highest BCUT2D eigenvalue weighted by molar-refractivity contribution is 5.92. The van der Waals surface area contributed by atoms with Gasteiger partial charge in [-0.25, -0.2) is 0 Å². The van der Waals surface area contributed by atoms with Crippen LogP contribution in [0.3, 0.4) is 0 Å².